The van der Waals surface area contributed by atoms with Gasteiger partial charge >= 0.3 is 0 Å². The van der Waals surface area contributed by atoms with Gasteiger partial charge in [0.2, 0.25) is 0 Å². The molecule has 10 heavy (non-hydrogen) atoms. The zero-order chi connectivity index (χ0) is 7.98. The van der Waals surface area contributed by atoms with Crippen LogP contribution in [-0.4, -0.2) is 28.2 Å². The Morgan fingerprint density at radius 1 is 1.50 bits per heavy atom. The van der Waals surface area contributed by atoms with Crippen molar-refractivity contribution in [2.24, 2.45) is 0 Å². The van der Waals surface area contributed by atoms with Crippen molar-refractivity contribution in [3.8, 4) is 0 Å². The van der Waals surface area contributed by atoms with Crippen LogP contribution in [0.25, 0.3) is 0 Å². The van der Waals surface area contributed by atoms with Gasteiger partial charge in [-0.3, -0.25) is 0 Å². The van der Waals surface area contributed by atoms with Crippen LogP contribution >= 0.6 is 12.6 Å². The molecule has 0 aliphatic heterocycles. The van der Waals surface area contributed by atoms with E-state index in [9.17, 15) is 0 Å². The van der Waals surface area contributed by atoms with Crippen molar-refractivity contribution < 1.29 is 10.2 Å². The molecule has 0 aromatic rings. The topological polar surface area (TPSA) is 40.5 Å². The second-order valence-corrected chi connectivity index (χ2v) is 3.12. The molecule has 0 bridgehead atoms. The first kappa shape index (κ1) is 10.3. The Labute approximate surface area is 67.7 Å². The van der Waals surface area contributed by atoms with E-state index in [1.165, 1.54) is 0 Å². The first-order valence-electron chi connectivity index (χ1n) is 3.69. The molecule has 2 unspecified atom stereocenters. The van der Waals surface area contributed by atoms with E-state index in [0.29, 0.717) is 0 Å². The molecular weight excluding hydrogens is 148 g/mol. The van der Waals surface area contributed by atoms with Crippen molar-refractivity contribution in [3.05, 3.63) is 0 Å². The fraction of sp³-hybridized carbons (Fsp3) is 1.00. The molecule has 0 saturated carbocycles. The molecule has 0 aliphatic carbocycles. The lowest BCUT2D eigenvalue weighted by molar-refractivity contribution is 0.0913. The summed E-state index contributed by atoms with van der Waals surface area (Å²) in [7, 11) is 0. The van der Waals surface area contributed by atoms with Crippen LogP contribution in [0.5, 0.6) is 0 Å². The van der Waals surface area contributed by atoms with Gasteiger partial charge in [-0.2, -0.15) is 12.6 Å². The second-order valence-electron chi connectivity index (χ2n) is 2.46. The summed E-state index contributed by atoms with van der Waals surface area (Å²) in [6.07, 6.45) is 2.39. The van der Waals surface area contributed by atoms with Crippen LogP contribution in [0.1, 0.15) is 26.2 Å². The van der Waals surface area contributed by atoms with Crippen LogP contribution in [0.4, 0.5) is 0 Å². The Kier molecular flexibility index (Phi) is 6.17. The van der Waals surface area contributed by atoms with Gasteiger partial charge in [0, 0.05) is 5.25 Å². The first-order valence-corrected chi connectivity index (χ1v) is 4.21. The minimum Gasteiger partial charge on any atom is -0.394 e. The average molecular weight is 164 g/mol. The number of unbranched alkanes of at least 4 members (excludes halogenated alkanes) is 1. The van der Waals surface area contributed by atoms with Gasteiger partial charge in [-0.05, 0) is 6.42 Å². The molecular formula is C7H16O2S. The minimum absolute atomic E-state index is 0.0649. The van der Waals surface area contributed by atoms with E-state index in [1.54, 1.807) is 0 Å². The maximum Gasteiger partial charge on any atom is 0.0886 e. The molecule has 0 heterocycles. The largest absolute Gasteiger partial charge is 0.394 e. The Bertz CT molecular complexity index is 78.0. The van der Waals surface area contributed by atoms with Crippen LogP contribution < -0.4 is 0 Å². The fourth-order valence-electron chi connectivity index (χ4n) is 0.727. The van der Waals surface area contributed by atoms with Gasteiger partial charge in [-0.1, -0.05) is 19.8 Å². The lowest BCUT2D eigenvalue weighted by atomic mass is 10.1. The molecule has 0 aromatic heterocycles. The maximum absolute atomic E-state index is 9.03. The highest BCUT2D eigenvalue weighted by Crippen LogP contribution is 2.10. The van der Waals surface area contributed by atoms with Crippen molar-refractivity contribution in [2.45, 2.75) is 37.5 Å². The number of hydrogen-bond donors (Lipinski definition) is 3. The SMILES string of the molecule is CCCCC(S)C(O)CO. The van der Waals surface area contributed by atoms with Crippen molar-refractivity contribution in [1.29, 1.82) is 0 Å². The zero-order valence-electron chi connectivity index (χ0n) is 6.32. The number of aliphatic hydroxyl groups excluding tert-OH is 2. The van der Waals surface area contributed by atoms with E-state index in [-0.39, 0.29) is 11.9 Å². The number of aliphatic hydroxyl groups is 2. The highest BCUT2D eigenvalue weighted by Gasteiger charge is 2.12. The van der Waals surface area contributed by atoms with Crippen LogP contribution in [0.3, 0.4) is 0 Å². The third-order valence-electron chi connectivity index (χ3n) is 1.48. The summed E-state index contributed by atoms with van der Waals surface area (Å²) in [4.78, 5) is 0. The molecule has 2 N–H and O–H groups in total. The molecule has 2 atom stereocenters. The van der Waals surface area contributed by atoms with Gasteiger partial charge in [0.05, 0.1) is 12.7 Å². The molecule has 2 nitrogen and oxygen atoms in total. The van der Waals surface area contributed by atoms with Crippen molar-refractivity contribution >= 4 is 12.6 Å². The highest BCUT2D eigenvalue weighted by atomic mass is 32.1. The van der Waals surface area contributed by atoms with Crippen LogP contribution in [0, 0.1) is 0 Å². The van der Waals surface area contributed by atoms with Gasteiger partial charge in [0.25, 0.3) is 0 Å². The number of rotatable bonds is 5. The van der Waals surface area contributed by atoms with Crippen molar-refractivity contribution in [1.82, 2.24) is 0 Å². The number of thiol groups is 1. The Morgan fingerprint density at radius 2 is 2.10 bits per heavy atom. The molecule has 3 heteroatoms. The van der Waals surface area contributed by atoms with Gasteiger partial charge in [0.1, 0.15) is 0 Å². The van der Waals surface area contributed by atoms with Crippen molar-refractivity contribution in [3.63, 3.8) is 0 Å². The lowest BCUT2D eigenvalue weighted by Gasteiger charge is -2.14. The van der Waals surface area contributed by atoms with Crippen LogP contribution in [0.2, 0.25) is 0 Å². The number of hydrogen-bond acceptors (Lipinski definition) is 3. The molecule has 62 valence electrons. The average Bonchev–Trinajstić information content (AvgIpc) is 1.98. The predicted octanol–water partition coefficient (Wildman–Crippen LogP) is 0.828. The minimum atomic E-state index is -0.658. The zero-order valence-corrected chi connectivity index (χ0v) is 7.22. The van der Waals surface area contributed by atoms with E-state index in [2.05, 4.69) is 19.6 Å². The van der Waals surface area contributed by atoms with Crippen molar-refractivity contribution in [2.75, 3.05) is 6.61 Å². The van der Waals surface area contributed by atoms with Crippen LogP contribution in [0.15, 0.2) is 0 Å². The van der Waals surface area contributed by atoms with Gasteiger partial charge < -0.3 is 10.2 Å². The summed E-state index contributed by atoms with van der Waals surface area (Å²) in [5.41, 5.74) is 0. The Morgan fingerprint density at radius 3 is 2.50 bits per heavy atom. The van der Waals surface area contributed by atoms with E-state index in [0.717, 1.165) is 19.3 Å². The molecule has 0 rings (SSSR count). The quantitative estimate of drug-likeness (QED) is 0.527. The Hall–Kier alpha value is 0.270. The van der Waals surface area contributed by atoms with E-state index >= 15 is 0 Å². The Balaban J connectivity index is 3.31. The predicted molar refractivity (Wildman–Crippen MR) is 45.4 cm³/mol. The lowest BCUT2D eigenvalue weighted by Crippen LogP contribution is -2.24. The maximum atomic E-state index is 9.03. The second kappa shape index (κ2) is 6.01. The summed E-state index contributed by atoms with van der Waals surface area (Å²) < 4.78 is 0. The monoisotopic (exact) mass is 164 g/mol. The van der Waals surface area contributed by atoms with E-state index < -0.39 is 6.10 Å². The molecule has 0 aromatic carbocycles. The molecule has 0 spiro atoms. The third kappa shape index (κ3) is 4.14. The summed E-state index contributed by atoms with van der Waals surface area (Å²) in [5.74, 6) is 0. The summed E-state index contributed by atoms with van der Waals surface area (Å²) in [6, 6.07) is 0. The summed E-state index contributed by atoms with van der Waals surface area (Å²) in [6.45, 7) is 1.91. The van der Waals surface area contributed by atoms with Gasteiger partial charge in [-0.15, -0.1) is 0 Å². The van der Waals surface area contributed by atoms with Gasteiger partial charge in [-0.25, -0.2) is 0 Å². The molecule has 0 radical (unpaired) electrons. The van der Waals surface area contributed by atoms with E-state index in [1.807, 2.05) is 0 Å². The molecule has 0 fully saturated rings. The first-order chi connectivity index (χ1) is 4.72. The van der Waals surface area contributed by atoms with Crippen LogP contribution in [-0.2, 0) is 0 Å². The summed E-state index contributed by atoms with van der Waals surface area (Å²) in [5, 5.41) is 17.5. The van der Waals surface area contributed by atoms with E-state index in [4.69, 9.17) is 10.2 Å². The smallest absolute Gasteiger partial charge is 0.0886 e. The molecule has 0 aliphatic rings. The van der Waals surface area contributed by atoms with Gasteiger partial charge in [0.15, 0.2) is 0 Å². The summed E-state index contributed by atoms with van der Waals surface area (Å²) >= 11 is 4.13. The standard InChI is InChI=1S/C7H16O2S/c1-2-3-4-7(10)6(9)5-8/h6-10H,2-5H2,1H3. The normalized spacial score (nSPS) is 16.8. The molecule has 0 amide bonds. The highest BCUT2D eigenvalue weighted by molar-refractivity contribution is 7.81. The fourth-order valence-corrected chi connectivity index (χ4v) is 1.00. The third-order valence-corrected chi connectivity index (χ3v) is 2.09. The molecule has 0 saturated heterocycles.